The topological polar surface area (TPSA) is 233 Å². The lowest BCUT2D eigenvalue weighted by Crippen LogP contribution is -2.30. The largest absolute Gasteiger partial charge is 0.494 e. The predicted molar refractivity (Wildman–Crippen MR) is 431 cm³/mol. The first-order valence-electron chi connectivity index (χ1n) is 39.1. The van der Waals surface area contributed by atoms with Crippen molar-refractivity contribution in [2.75, 3.05) is 49.5 Å². The molecular formula is C87H99F3N6O14S2. The molecule has 2 saturated carbocycles. The summed E-state index contributed by atoms with van der Waals surface area (Å²) in [6.07, 6.45) is 16.1. The first kappa shape index (κ1) is 84.2. The van der Waals surface area contributed by atoms with Gasteiger partial charge in [-0.15, -0.1) is 0 Å². The van der Waals surface area contributed by atoms with E-state index in [9.17, 15) is 28.8 Å². The van der Waals surface area contributed by atoms with E-state index in [2.05, 4.69) is 27.0 Å². The molecule has 6 aromatic carbocycles. The summed E-state index contributed by atoms with van der Waals surface area (Å²) in [5.41, 5.74) is 0.390. The summed E-state index contributed by atoms with van der Waals surface area (Å²) in [5, 5.41) is 14.6. The van der Waals surface area contributed by atoms with Crippen molar-refractivity contribution >= 4 is 102 Å². The van der Waals surface area contributed by atoms with Gasteiger partial charge in [0.1, 0.15) is 34.5 Å². The van der Waals surface area contributed by atoms with Gasteiger partial charge in [-0.05, 0) is 224 Å². The summed E-state index contributed by atoms with van der Waals surface area (Å²) in [5.74, 6) is -4.05. The third-order valence-corrected chi connectivity index (χ3v) is 21.7. The summed E-state index contributed by atoms with van der Waals surface area (Å²) in [4.78, 5) is 88.6. The number of hydrazone groups is 2. The van der Waals surface area contributed by atoms with E-state index >= 15 is 13.2 Å². The van der Waals surface area contributed by atoms with Crippen LogP contribution in [-0.4, -0.2) is 97.7 Å². The molecule has 0 bridgehead atoms. The van der Waals surface area contributed by atoms with Crippen molar-refractivity contribution in [3.63, 3.8) is 0 Å². The van der Waals surface area contributed by atoms with Gasteiger partial charge < -0.3 is 37.9 Å². The Balaban J connectivity index is 0.887. The second kappa shape index (κ2) is 43.5. The van der Waals surface area contributed by atoms with Gasteiger partial charge in [0, 0.05) is 36.4 Å². The third-order valence-electron chi connectivity index (χ3n) is 19.6. The summed E-state index contributed by atoms with van der Waals surface area (Å²) in [6, 6.07) is 35.4. The SMILES string of the molecule is C=CC(=O)OCCCCCCOc1ccc(OC(=O)C2CCC(C(=O)Oc3ccc(-c4cc(/C=N/N(CCCCCC)c5nc6ccccc6s5)c(OC(=O)C5CCC(C(=O)Oc6ccc(OCCCCCCOC(=O)C=C)cc6)CC5)cc4C(F)(F)F)cc3/C=N/N(CCCCCC)c3nc4ccccc4s3)CC2)cc1. The van der Waals surface area contributed by atoms with E-state index in [0.29, 0.717) is 98.5 Å². The number of nitrogens with zero attached hydrogens (tertiary/aromatic N) is 6. The van der Waals surface area contributed by atoms with Crippen molar-refractivity contribution in [3.8, 4) is 45.6 Å². The average molecular weight is 1570 g/mol. The fourth-order valence-corrected chi connectivity index (χ4v) is 15.1. The second-order valence-corrected chi connectivity index (χ2v) is 30.0. The standard InChI is InChI=1S/C87H99F3N6O14S2/c1-5-9-11-21-49-95(85-93-73-27-17-19-29-77(73)111-85)91-58-65-55-64(39-48-75(65)109-83(101)62-35-31-60(32-36-62)81(99)107-69-44-40-67(41-45-69)103-51-23-13-15-25-53-105-79(97)7-3)71-56-66(59-92-96(50-22-12-10-6-2)86-94-74-28-18-20-30-78(74)112-86)76(57-72(71)87(88,89)90)110-84(102)63-37-33-61(34-38-63)82(100)108-70-46-42-68(43-47-70)104-52-24-14-16-26-54-106-80(98)8-4/h7-8,17-20,27-30,39-48,55-63H,3-6,9-16,21-26,31-38,49-54H2,1-2H3/b91-58+,92-59+. The maximum atomic E-state index is 16.2. The normalized spacial score (nSPS) is 15.7. The molecule has 0 saturated heterocycles. The molecule has 0 radical (unpaired) electrons. The molecule has 0 aliphatic heterocycles. The van der Waals surface area contributed by atoms with Gasteiger partial charge >= 0.3 is 42.0 Å². The van der Waals surface area contributed by atoms with Crippen LogP contribution in [0.25, 0.3) is 31.6 Å². The van der Waals surface area contributed by atoms with E-state index in [1.807, 2.05) is 48.5 Å². The number of fused-ring (bicyclic) bond motifs is 2. The zero-order chi connectivity index (χ0) is 79.0. The summed E-state index contributed by atoms with van der Waals surface area (Å²) in [6.45, 7) is 13.5. The number of unbranched alkanes of at least 4 members (excludes halogenated alkanes) is 12. The van der Waals surface area contributed by atoms with Crippen molar-refractivity contribution in [1.29, 1.82) is 0 Å². The van der Waals surface area contributed by atoms with Crippen LogP contribution in [0.2, 0.25) is 0 Å². The molecule has 0 atom stereocenters. The van der Waals surface area contributed by atoms with Crippen LogP contribution in [0.3, 0.4) is 0 Å². The van der Waals surface area contributed by atoms with Crippen LogP contribution in [0.5, 0.6) is 34.5 Å². The fourth-order valence-electron chi connectivity index (χ4n) is 13.2. The number of esters is 6. The highest BCUT2D eigenvalue weighted by atomic mass is 32.1. The molecule has 2 fully saturated rings. The average Bonchev–Trinajstić information content (AvgIpc) is 0.837. The molecule has 112 heavy (non-hydrogen) atoms. The number of anilines is 2. The number of hydrogen-bond donors (Lipinski definition) is 0. The van der Waals surface area contributed by atoms with Gasteiger partial charge in [0.2, 0.25) is 10.3 Å². The maximum Gasteiger partial charge on any atom is 0.417 e. The number of thiazole rings is 2. The van der Waals surface area contributed by atoms with Gasteiger partial charge in [0.05, 0.1) is 88.5 Å². The number of aromatic nitrogens is 2. The van der Waals surface area contributed by atoms with E-state index in [-0.39, 0.29) is 59.4 Å². The number of alkyl halides is 3. The maximum absolute atomic E-state index is 16.2. The Hall–Kier alpha value is -10.3. The number of rotatable bonds is 43. The van der Waals surface area contributed by atoms with Crippen LogP contribution in [0, 0.1) is 23.7 Å². The minimum Gasteiger partial charge on any atom is -0.494 e. The highest BCUT2D eigenvalue weighted by molar-refractivity contribution is 7.22. The molecule has 2 aliphatic carbocycles. The Labute approximate surface area is 660 Å². The van der Waals surface area contributed by atoms with Crippen LogP contribution in [0.4, 0.5) is 23.4 Å². The molecule has 25 heteroatoms. The van der Waals surface area contributed by atoms with E-state index in [1.54, 1.807) is 58.5 Å². The molecule has 8 aromatic rings. The Morgan fingerprint density at radius 2 is 0.839 bits per heavy atom. The number of hydrogen-bond acceptors (Lipinski definition) is 22. The quantitative estimate of drug-likeness (QED) is 0.00863. The Morgan fingerprint density at radius 3 is 1.25 bits per heavy atom. The zero-order valence-corrected chi connectivity index (χ0v) is 65.4. The lowest BCUT2D eigenvalue weighted by Gasteiger charge is -2.26. The molecule has 2 aliphatic rings. The van der Waals surface area contributed by atoms with Crippen LogP contribution < -0.4 is 38.4 Å². The minimum absolute atomic E-state index is 0.0337. The number of carbonyl (C=O) groups excluding carboxylic acids is 6. The zero-order valence-electron chi connectivity index (χ0n) is 63.7. The van der Waals surface area contributed by atoms with E-state index in [4.69, 9.17) is 58.1 Å². The summed E-state index contributed by atoms with van der Waals surface area (Å²) >= 11 is 2.86. The highest BCUT2D eigenvalue weighted by Gasteiger charge is 2.38. The molecule has 2 aromatic heterocycles. The number of benzene rings is 6. The van der Waals surface area contributed by atoms with Crippen molar-refractivity contribution in [3.05, 3.63) is 169 Å². The lowest BCUT2D eigenvalue weighted by atomic mass is 9.82. The van der Waals surface area contributed by atoms with Gasteiger partial charge in [0.25, 0.3) is 0 Å². The lowest BCUT2D eigenvalue weighted by molar-refractivity contribution is -0.145. The first-order valence-corrected chi connectivity index (χ1v) is 40.7. The van der Waals surface area contributed by atoms with Crippen molar-refractivity contribution in [1.82, 2.24) is 9.97 Å². The van der Waals surface area contributed by atoms with Gasteiger partial charge in [-0.25, -0.2) is 29.6 Å². The molecule has 0 spiro atoms. The molecular weight excluding hydrogens is 1470 g/mol. The minimum atomic E-state index is -5.03. The number of halogens is 3. The predicted octanol–water partition coefficient (Wildman–Crippen LogP) is 20.4. The molecule has 2 heterocycles. The van der Waals surface area contributed by atoms with Crippen LogP contribution in [-0.2, 0) is 44.4 Å². The molecule has 594 valence electrons. The Bertz CT molecular complexity index is 4420. The number of para-hydroxylation sites is 2. The van der Waals surface area contributed by atoms with Gasteiger partial charge in [0.15, 0.2) is 0 Å². The summed E-state index contributed by atoms with van der Waals surface area (Å²) < 4.78 is 96.2. The summed E-state index contributed by atoms with van der Waals surface area (Å²) in [7, 11) is 0. The molecule has 10 rings (SSSR count). The van der Waals surface area contributed by atoms with Gasteiger partial charge in [-0.2, -0.15) is 23.4 Å². The molecule has 0 amide bonds. The van der Waals surface area contributed by atoms with Crippen LogP contribution in [0.1, 0.15) is 185 Å². The van der Waals surface area contributed by atoms with Crippen LogP contribution in [0.15, 0.2) is 163 Å². The molecule has 0 unspecified atom stereocenters. The van der Waals surface area contributed by atoms with Crippen molar-refractivity contribution in [2.45, 2.75) is 174 Å². The monoisotopic (exact) mass is 1570 g/mol. The van der Waals surface area contributed by atoms with Gasteiger partial charge in [-0.1, -0.05) is 119 Å². The van der Waals surface area contributed by atoms with E-state index in [0.717, 1.165) is 141 Å². The fraction of sp³-hybridized carbons (Fsp3) is 0.425. The second-order valence-electron chi connectivity index (χ2n) is 28.0. The van der Waals surface area contributed by atoms with Gasteiger partial charge in [-0.3, -0.25) is 19.2 Å². The van der Waals surface area contributed by atoms with E-state index in [1.165, 1.54) is 59.4 Å². The van der Waals surface area contributed by atoms with Crippen LogP contribution >= 0.6 is 22.7 Å². The third kappa shape index (κ3) is 25.6. The Kier molecular flexibility index (Phi) is 32.7. The smallest absolute Gasteiger partial charge is 0.417 e. The van der Waals surface area contributed by atoms with E-state index < -0.39 is 71.2 Å². The molecule has 0 N–H and O–H groups in total. The number of ether oxygens (including phenoxy) is 8. The van der Waals surface area contributed by atoms with Crippen molar-refractivity contribution in [2.24, 2.45) is 33.9 Å². The number of carbonyl (C=O) groups is 6. The van der Waals surface area contributed by atoms with Crippen molar-refractivity contribution < 1.29 is 79.8 Å². The molecule has 20 nitrogen and oxygen atoms in total. The first-order chi connectivity index (χ1) is 54.4. The Morgan fingerprint density at radius 1 is 0.455 bits per heavy atom. The highest BCUT2D eigenvalue weighted by Crippen LogP contribution is 2.44.